The largest absolute Gasteiger partial charge is 0.325 e. The minimum atomic E-state index is -0.376. The summed E-state index contributed by atoms with van der Waals surface area (Å²) in [4.78, 5) is 24.2. The van der Waals surface area contributed by atoms with Gasteiger partial charge in [-0.1, -0.05) is 12.1 Å². The standard InChI is InChI=1S/C19H21FN2O2S/c1-12-5-4-6-17(13(12)2)22-19(24)14(3)25-11-18(23)21-16-9-7-15(20)8-10-16/h4-10,14H,11H2,1-3H3,(H,21,23)(H,22,24). The highest BCUT2D eigenvalue weighted by Crippen LogP contribution is 2.20. The molecule has 0 aromatic heterocycles. The number of thioether (sulfide) groups is 1. The maximum Gasteiger partial charge on any atom is 0.237 e. The van der Waals surface area contributed by atoms with Gasteiger partial charge in [0.2, 0.25) is 11.8 Å². The maximum absolute atomic E-state index is 12.8. The molecule has 0 aliphatic rings. The van der Waals surface area contributed by atoms with Crippen LogP contribution in [0, 0.1) is 19.7 Å². The van der Waals surface area contributed by atoms with Crippen LogP contribution in [-0.4, -0.2) is 22.8 Å². The number of rotatable bonds is 6. The van der Waals surface area contributed by atoms with Crippen molar-refractivity contribution in [2.24, 2.45) is 0 Å². The molecule has 2 rings (SSSR count). The van der Waals surface area contributed by atoms with Crippen LogP contribution in [0.15, 0.2) is 42.5 Å². The Morgan fingerprint density at radius 3 is 2.44 bits per heavy atom. The van der Waals surface area contributed by atoms with Gasteiger partial charge in [0.05, 0.1) is 11.0 Å². The summed E-state index contributed by atoms with van der Waals surface area (Å²) in [5, 5.41) is 5.19. The lowest BCUT2D eigenvalue weighted by atomic mass is 10.1. The van der Waals surface area contributed by atoms with Crippen LogP contribution in [0.4, 0.5) is 15.8 Å². The molecule has 0 aliphatic heterocycles. The predicted molar refractivity (Wildman–Crippen MR) is 101 cm³/mol. The second-order valence-electron chi connectivity index (χ2n) is 5.75. The van der Waals surface area contributed by atoms with E-state index in [4.69, 9.17) is 0 Å². The van der Waals surface area contributed by atoms with Crippen molar-refractivity contribution in [3.8, 4) is 0 Å². The molecule has 4 nitrogen and oxygen atoms in total. The molecule has 0 bridgehead atoms. The van der Waals surface area contributed by atoms with E-state index in [9.17, 15) is 14.0 Å². The molecule has 0 aliphatic carbocycles. The van der Waals surface area contributed by atoms with Gasteiger partial charge in [-0.15, -0.1) is 11.8 Å². The van der Waals surface area contributed by atoms with Crippen LogP contribution in [0.3, 0.4) is 0 Å². The van der Waals surface area contributed by atoms with Crippen molar-refractivity contribution in [2.75, 3.05) is 16.4 Å². The van der Waals surface area contributed by atoms with Gasteiger partial charge in [0.25, 0.3) is 0 Å². The van der Waals surface area contributed by atoms with Crippen molar-refractivity contribution in [3.05, 3.63) is 59.4 Å². The number of nitrogens with one attached hydrogen (secondary N) is 2. The van der Waals surface area contributed by atoms with Crippen LogP contribution in [0.25, 0.3) is 0 Å². The Balaban J connectivity index is 1.83. The zero-order chi connectivity index (χ0) is 18.4. The molecule has 0 fully saturated rings. The first-order valence-electron chi connectivity index (χ1n) is 7.91. The van der Waals surface area contributed by atoms with E-state index in [1.165, 1.54) is 36.0 Å². The minimum absolute atomic E-state index is 0.138. The first-order valence-corrected chi connectivity index (χ1v) is 8.96. The molecule has 2 aromatic rings. The highest BCUT2D eigenvalue weighted by Gasteiger charge is 2.16. The van der Waals surface area contributed by atoms with Crippen molar-refractivity contribution >= 4 is 35.0 Å². The van der Waals surface area contributed by atoms with E-state index >= 15 is 0 Å². The zero-order valence-electron chi connectivity index (χ0n) is 14.4. The van der Waals surface area contributed by atoms with Gasteiger partial charge in [-0.05, 0) is 62.2 Å². The normalized spacial score (nSPS) is 11.7. The number of carbonyl (C=O) groups excluding carboxylic acids is 2. The molecule has 2 amide bonds. The fourth-order valence-electron chi connectivity index (χ4n) is 2.13. The first-order chi connectivity index (χ1) is 11.9. The second kappa shape index (κ2) is 8.67. The van der Waals surface area contributed by atoms with E-state index in [-0.39, 0.29) is 28.6 Å². The van der Waals surface area contributed by atoms with Gasteiger partial charge in [0.15, 0.2) is 0 Å². The summed E-state index contributed by atoms with van der Waals surface area (Å²) in [6.45, 7) is 5.71. The smallest absolute Gasteiger partial charge is 0.237 e. The molecule has 132 valence electrons. The Labute approximate surface area is 151 Å². The van der Waals surface area contributed by atoms with Crippen LogP contribution < -0.4 is 10.6 Å². The number of halogens is 1. The fourth-order valence-corrected chi connectivity index (χ4v) is 2.81. The molecule has 6 heteroatoms. The van der Waals surface area contributed by atoms with Crippen molar-refractivity contribution in [2.45, 2.75) is 26.0 Å². The molecule has 25 heavy (non-hydrogen) atoms. The summed E-state index contributed by atoms with van der Waals surface area (Å²) in [7, 11) is 0. The summed E-state index contributed by atoms with van der Waals surface area (Å²) in [5.74, 6) is -0.598. The number of hydrogen-bond acceptors (Lipinski definition) is 3. The molecule has 0 saturated carbocycles. The van der Waals surface area contributed by atoms with Crippen molar-refractivity contribution in [1.29, 1.82) is 0 Å². The first kappa shape index (κ1) is 19.0. The van der Waals surface area contributed by atoms with Gasteiger partial charge in [0, 0.05) is 11.4 Å². The van der Waals surface area contributed by atoms with Crippen molar-refractivity contribution in [1.82, 2.24) is 0 Å². The summed E-state index contributed by atoms with van der Waals surface area (Å²) >= 11 is 1.25. The Bertz CT molecular complexity index is 763. The Morgan fingerprint density at radius 2 is 1.76 bits per heavy atom. The van der Waals surface area contributed by atoms with E-state index in [0.29, 0.717) is 5.69 Å². The predicted octanol–water partition coefficient (Wildman–Crippen LogP) is 4.14. The summed E-state index contributed by atoms with van der Waals surface area (Å²) < 4.78 is 12.8. The molecule has 2 aromatic carbocycles. The molecule has 0 spiro atoms. The molecular weight excluding hydrogens is 339 g/mol. The van der Waals surface area contributed by atoms with Crippen molar-refractivity contribution in [3.63, 3.8) is 0 Å². The second-order valence-corrected chi connectivity index (χ2v) is 7.07. The highest BCUT2D eigenvalue weighted by atomic mass is 32.2. The lowest BCUT2D eigenvalue weighted by Crippen LogP contribution is -2.25. The average molecular weight is 360 g/mol. The SMILES string of the molecule is Cc1cccc(NC(=O)C(C)SCC(=O)Nc2ccc(F)cc2)c1C. The Kier molecular flexibility index (Phi) is 6.58. The third-order valence-corrected chi connectivity index (χ3v) is 4.97. The van der Waals surface area contributed by atoms with E-state index < -0.39 is 0 Å². The average Bonchev–Trinajstić information content (AvgIpc) is 2.58. The quantitative estimate of drug-likeness (QED) is 0.814. The molecule has 0 saturated heterocycles. The molecule has 1 atom stereocenters. The number of carbonyl (C=O) groups is 2. The summed E-state index contributed by atoms with van der Waals surface area (Å²) in [6.07, 6.45) is 0. The topological polar surface area (TPSA) is 58.2 Å². The summed E-state index contributed by atoms with van der Waals surface area (Å²) in [6, 6.07) is 11.3. The van der Waals surface area contributed by atoms with E-state index in [1.54, 1.807) is 6.92 Å². The Hall–Kier alpha value is -2.34. The number of amides is 2. The third kappa shape index (κ3) is 5.60. The zero-order valence-corrected chi connectivity index (χ0v) is 15.2. The van der Waals surface area contributed by atoms with Crippen molar-refractivity contribution < 1.29 is 14.0 Å². The third-order valence-electron chi connectivity index (χ3n) is 3.82. The molecular formula is C19H21FN2O2S. The van der Waals surface area contributed by atoms with Crippen LogP contribution in [0.2, 0.25) is 0 Å². The molecule has 0 heterocycles. The van der Waals surface area contributed by atoms with Gasteiger partial charge in [-0.25, -0.2) is 4.39 Å². The van der Waals surface area contributed by atoms with Crippen LogP contribution >= 0.6 is 11.8 Å². The van der Waals surface area contributed by atoms with Gasteiger partial charge in [-0.2, -0.15) is 0 Å². The van der Waals surface area contributed by atoms with Gasteiger partial charge < -0.3 is 10.6 Å². The number of aryl methyl sites for hydroxylation is 1. The van der Waals surface area contributed by atoms with E-state index in [1.807, 2.05) is 32.0 Å². The van der Waals surface area contributed by atoms with Gasteiger partial charge >= 0.3 is 0 Å². The lowest BCUT2D eigenvalue weighted by Gasteiger charge is -2.14. The Morgan fingerprint density at radius 1 is 1.08 bits per heavy atom. The summed E-state index contributed by atoms with van der Waals surface area (Å²) in [5.41, 5.74) is 3.45. The number of hydrogen-bond donors (Lipinski definition) is 2. The highest BCUT2D eigenvalue weighted by molar-refractivity contribution is 8.01. The molecule has 0 radical (unpaired) electrons. The van der Waals surface area contributed by atoms with Gasteiger partial charge in [-0.3, -0.25) is 9.59 Å². The van der Waals surface area contributed by atoms with Crippen LogP contribution in [-0.2, 0) is 9.59 Å². The van der Waals surface area contributed by atoms with E-state index in [2.05, 4.69) is 10.6 Å². The maximum atomic E-state index is 12.8. The molecule has 1 unspecified atom stereocenters. The van der Waals surface area contributed by atoms with E-state index in [0.717, 1.165) is 16.8 Å². The van der Waals surface area contributed by atoms with Crippen LogP contribution in [0.5, 0.6) is 0 Å². The molecule has 2 N–H and O–H groups in total. The number of benzene rings is 2. The number of anilines is 2. The lowest BCUT2D eigenvalue weighted by molar-refractivity contribution is -0.115. The van der Waals surface area contributed by atoms with Gasteiger partial charge in [0.1, 0.15) is 5.82 Å². The minimum Gasteiger partial charge on any atom is -0.325 e. The van der Waals surface area contributed by atoms with Crippen LogP contribution in [0.1, 0.15) is 18.1 Å². The fraction of sp³-hybridized carbons (Fsp3) is 0.263. The monoisotopic (exact) mass is 360 g/mol.